The van der Waals surface area contributed by atoms with Gasteiger partial charge in [-0.1, -0.05) is 29.3 Å². The van der Waals surface area contributed by atoms with E-state index in [9.17, 15) is 8.42 Å². The minimum Gasteiger partial charge on any atom is -0.260 e. The predicted octanol–water partition coefficient (Wildman–Crippen LogP) is 1.84. The van der Waals surface area contributed by atoms with Crippen LogP contribution < -0.4 is 5.14 Å². The second-order valence-corrected chi connectivity index (χ2v) is 6.48. The highest BCUT2D eigenvalue weighted by Gasteiger charge is 2.09. The van der Waals surface area contributed by atoms with E-state index >= 15 is 0 Å². The number of halogens is 1. The summed E-state index contributed by atoms with van der Waals surface area (Å²) >= 11 is 3.55. The summed E-state index contributed by atoms with van der Waals surface area (Å²) in [7, 11) is -3.63. The van der Waals surface area contributed by atoms with Gasteiger partial charge in [-0.2, -0.15) is 0 Å². The molecule has 1 unspecified atom stereocenters. The normalized spacial score (nSPS) is 13.7. The molecule has 0 aliphatic heterocycles. The highest BCUT2D eigenvalue weighted by Crippen LogP contribution is 2.14. The first-order valence-corrected chi connectivity index (χ1v) is 7.51. The maximum atomic E-state index is 11.0. The average Bonchev–Trinajstić information content (AvgIpc) is 2.17. The van der Waals surface area contributed by atoms with E-state index in [4.69, 9.17) is 5.14 Å². The number of primary sulfonamides is 1. The van der Waals surface area contributed by atoms with Crippen molar-refractivity contribution >= 4 is 26.0 Å². The van der Waals surface area contributed by atoms with Crippen LogP contribution in [-0.4, -0.2) is 18.2 Å². The number of nitrogens with zero attached hydrogens (tertiary/aromatic N) is 1. The Bertz CT molecular complexity index is 431. The monoisotopic (exact) mass is 306 g/mol. The van der Waals surface area contributed by atoms with Crippen LogP contribution >= 0.6 is 15.9 Å². The van der Waals surface area contributed by atoms with E-state index < -0.39 is 10.0 Å². The molecular formula is C10H15BrN2O2S. The van der Waals surface area contributed by atoms with E-state index in [2.05, 4.69) is 27.8 Å². The number of hydrogen-bond acceptors (Lipinski definition) is 3. The number of pyridine rings is 1. The summed E-state index contributed by atoms with van der Waals surface area (Å²) in [5.74, 6) is 0. The molecule has 2 N–H and O–H groups in total. The van der Waals surface area contributed by atoms with E-state index in [0.29, 0.717) is 4.83 Å². The minimum absolute atomic E-state index is 0.0536. The molecule has 1 heterocycles. The summed E-state index contributed by atoms with van der Waals surface area (Å²) in [6.45, 7) is 2.12. The lowest BCUT2D eigenvalue weighted by atomic mass is 10.1. The van der Waals surface area contributed by atoms with E-state index in [1.54, 1.807) is 6.07 Å². The Morgan fingerprint density at radius 3 is 2.62 bits per heavy atom. The van der Waals surface area contributed by atoms with Gasteiger partial charge in [-0.05, 0) is 18.6 Å². The maximum Gasteiger partial charge on any atom is 0.239 e. The third kappa shape index (κ3) is 4.19. The molecule has 0 bridgehead atoms. The maximum absolute atomic E-state index is 11.0. The van der Waals surface area contributed by atoms with Crippen LogP contribution in [0.1, 0.15) is 25.5 Å². The van der Waals surface area contributed by atoms with Gasteiger partial charge < -0.3 is 0 Å². The van der Waals surface area contributed by atoms with Gasteiger partial charge in [0, 0.05) is 23.1 Å². The minimum atomic E-state index is -3.63. The number of sulfonamides is 1. The summed E-state index contributed by atoms with van der Waals surface area (Å²) in [6.07, 6.45) is 4.26. The van der Waals surface area contributed by atoms with Crippen molar-refractivity contribution in [3.63, 3.8) is 0 Å². The first-order chi connectivity index (χ1) is 7.43. The largest absolute Gasteiger partial charge is 0.260 e. The van der Waals surface area contributed by atoms with Gasteiger partial charge in [0.1, 0.15) is 4.90 Å². The molecular weight excluding hydrogens is 292 g/mol. The lowest BCUT2D eigenvalue weighted by Crippen LogP contribution is -2.13. The number of hydrogen-bond donors (Lipinski definition) is 1. The van der Waals surface area contributed by atoms with Crippen LogP contribution in [-0.2, 0) is 16.4 Å². The Balaban J connectivity index is 2.72. The Labute approximate surface area is 104 Å². The molecule has 6 heteroatoms. The predicted molar refractivity (Wildman–Crippen MR) is 66.9 cm³/mol. The van der Waals surface area contributed by atoms with Crippen LogP contribution in [0.4, 0.5) is 0 Å². The zero-order valence-electron chi connectivity index (χ0n) is 9.06. The number of rotatable bonds is 5. The SMILES string of the molecule is CCCC(Br)Cc1ccc(S(N)(=O)=O)cn1. The first-order valence-electron chi connectivity index (χ1n) is 5.05. The molecule has 1 aromatic heterocycles. The van der Waals surface area contributed by atoms with Crippen molar-refractivity contribution < 1.29 is 8.42 Å². The molecule has 0 fully saturated rings. The summed E-state index contributed by atoms with van der Waals surface area (Å²) in [5, 5.41) is 4.98. The second-order valence-electron chi connectivity index (χ2n) is 3.62. The molecule has 0 saturated carbocycles. The fourth-order valence-electron chi connectivity index (χ4n) is 1.34. The third-order valence-corrected chi connectivity index (χ3v) is 3.84. The molecule has 4 nitrogen and oxygen atoms in total. The fourth-order valence-corrected chi connectivity index (χ4v) is 2.59. The van der Waals surface area contributed by atoms with Crippen LogP contribution in [0.5, 0.6) is 0 Å². The summed E-state index contributed by atoms with van der Waals surface area (Å²) in [5.41, 5.74) is 0.864. The highest BCUT2D eigenvalue weighted by molar-refractivity contribution is 9.09. The topological polar surface area (TPSA) is 73.1 Å². The molecule has 0 spiro atoms. The number of nitrogens with two attached hydrogens (primary N) is 1. The lowest BCUT2D eigenvalue weighted by Gasteiger charge is -2.07. The second kappa shape index (κ2) is 5.75. The molecule has 1 rings (SSSR count). The van der Waals surface area contributed by atoms with E-state index in [-0.39, 0.29) is 4.90 Å². The molecule has 1 atom stereocenters. The zero-order valence-corrected chi connectivity index (χ0v) is 11.5. The van der Waals surface area contributed by atoms with Gasteiger partial charge in [0.05, 0.1) is 0 Å². The van der Waals surface area contributed by atoms with Gasteiger partial charge in [-0.25, -0.2) is 13.6 Å². The molecule has 0 aromatic carbocycles. The van der Waals surface area contributed by atoms with Crippen LogP contribution in [0.2, 0.25) is 0 Å². The molecule has 1 aromatic rings. The van der Waals surface area contributed by atoms with Gasteiger partial charge in [-0.3, -0.25) is 4.98 Å². The molecule has 90 valence electrons. The van der Waals surface area contributed by atoms with Crippen molar-refractivity contribution in [1.29, 1.82) is 0 Å². The summed E-state index contributed by atoms with van der Waals surface area (Å²) in [6, 6.07) is 3.19. The van der Waals surface area contributed by atoms with Gasteiger partial charge >= 0.3 is 0 Å². The van der Waals surface area contributed by atoms with Gasteiger partial charge in [0.25, 0.3) is 0 Å². The van der Waals surface area contributed by atoms with Crippen LogP contribution in [0, 0.1) is 0 Å². The quantitative estimate of drug-likeness (QED) is 0.844. The highest BCUT2D eigenvalue weighted by atomic mass is 79.9. The first kappa shape index (κ1) is 13.6. The van der Waals surface area contributed by atoms with E-state index in [0.717, 1.165) is 25.0 Å². The Kier molecular flexibility index (Phi) is 4.89. The lowest BCUT2D eigenvalue weighted by molar-refractivity contribution is 0.597. The molecule has 16 heavy (non-hydrogen) atoms. The Hall–Kier alpha value is -0.460. The van der Waals surface area contributed by atoms with Crippen LogP contribution in [0.25, 0.3) is 0 Å². The van der Waals surface area contributed by atoms with E-state index in [1.165, 1.54) is 12.3 Å². The van der Waals surface area contributed by atoms with Crippen molar-refractivity contribution in [2.45, 2.75) is 35.9 Å². The van der Waals surface area contributed by atoms with Crippen LogP contribution in [0.3, 0.4) is 0 Å². The Morgan fingerprint density at radius 2 is 2.19 bits per heavy atom. The van der Waals surface area contributed by atoms with E-state index in [1.807, 2.05) is 0 Å². The van der Waals surface area contributed by atoms with Gasteiger partial charge in [-0.15, -0.1) is 0 Å². The number of aromatic nitrogens is 1. The standard InChI is InChI=1S/C10H15BrN2O2S/c1-2-3-8(11)6-9-4-5-10(7-13-9)16(12,14)15/h4-5,7-8H,2-3,6H2,1H3,(H2,12,14,15). The van der Waals surface area contributed by atoms with Crippen molar-refractivity contribution in [2.24, 2.45) is 5.14 Å². The van der Waals surface area contributed by atoms with Crippen molar-refractivity contribution in [1.82, 2.24) is 4.98 Å². The average molecular weight is 307 g/mol. The smallest absolute Gasteiger partial charge is 0.239 e. The van der Waals surface area contributed by atoms with Crippen molar-refractivity contribution in [3.8, 4) is 0 Å². The molecule has 0 radical (unpaired) electrons. The summed E-state index contributed by atoms with van der Waals surface area (Å²) in [4.78, 5) is 4.51. The molecule has 0 saturated heterocycles. The molecule has 0 amide bonds. The zero-order chi connectivity index (χ0) is 12.2. The summed E-state index contributed by atoms with van der Waals surface area (Å²) < 4.78 is 22.0. The van der Waals surface area contributed by atoms with Crippen molar-refractivity contribution in [3.05, 3.63) is 24.0 Å². The molecule has 0 aliphatic rings. The van der Waals surface area contributed by atoms with Gasteiger partial charge in [0.2, 0.25) is 10.0 Å². The Morgan fingerprint density at radius 1 is 1.50 bits per heavy atom. The number of alkyl halides is 1. The van der Waals surface area contributed by atoms with Crippen molar-refractivity contribution in [2.75, 3.05) is 0 Å². The fraction of sp³-hybridized carbons (Fsp3) is 0.500. The van der Waals surface area contributed by atoms with Crippen LogP contribution in [0.15, 0.2) is 23.2 Å². The van der Waals surface area contributed by atoms with Gasteiger partial charge in [0.15, 0.2) is 0 Å². The molecule has 0 aliphatic carbocycles. The third-order valence-electron chi connectivity index (χ3n) is 2.16.